The van der Waals surface area contributed by atoms with E-state index in [4.69, 9.17) is 11.6 Å². The molecule has 0 saturated carbocycles. The van der Waals surface area contributed by atoms with Crippen LogP contribution >= 0.6 is 11.6 Å². The molecule has 100 valence electrons. The zero-order chi connectivity index (χ0) is 13.7. The number of hydrogen-bond donors (Lipinski definition) is 0. The minimum Gasteiger partial charge on any atom is -0.466 e. The molecule has 0 radical (unpaired) electrons. The SMILES string of the molecule is CCOC(=O)Cc1cc(Cl)c(F)c(OC(F)F)c1. The predicted octanol–water partition coefficient (Wildman–Crippen LogP) is 3.19. The fraction of sp³-hybridized carbons (Fsp3) is 0.364. The second kappa shape index (κ2) is 6.49. The van der Waals surface area contributed by atoms with E-state index < -0.39 is 29.2 Å². The Balaban J connectivity index is 2.93. The van der Waals surface area contributed by atoms with Crippen LogP contribution in [0.5, 0.6) is 5.75 Å². The number of carbonyl (C=O) groups is 1. The number of halogens is 4. The first-order valence-electron chi connectivity index (χ1n) is 5.02. The summed E-state index contributed by atoms with van der Waals surface area (Å²) in [6.45, 7) is -1.36. The Morgan fingerprint density at radius 3 is 2.67 bits per heavy atom. The second-order valence-electron chi connectivity index (χ2n) is 3.25. The van der Waals surface area contributed by atoms with Crippen LogP contribution in [-0.2, 0) is 16.0 Å². The fourth-order valence-electron chi connectivity index (χ4n) is 1.28. The van der Waals surface area contributed by atoms with E-state index in [9.17, 15) is 18.0 Å². The van der Waals surface area contributed by atoms with Crippen molar-refractivity contribution in [2.24, 2.45) is 0 Å². The van der Waals surface area contributed by atoms with Gasteiger partial charge in [-0.1, -0.05) is 11.6 Å². The van der Waals surface area contributed by atoms with Gasteiger partial charge in [-0.2, -0.15) is 8.78 Å². The maximum absolute atomic E-state index is 13.3. The van der Waals surface area contributed by atoms with Gasteiger partial charge in [-0.3, -0.25) is 4.79 Å². The van der Waals surface area contributed by atoms with Crippen molar-refractivity contribution in [3.8, 4) is 5.75 Å². The number of carbonyl (C=O) groups excluding carboxylic acids is 1. The molecular formula is C11H10ClF3O3. The zero-order valence-corrected chi connectivity index (χ0v) is 10.1. The molecular weight excluding hydrogens is 273 g/mol. The van der Waals surface area contributed by atoms with Crippen molar-refractivity contribution in [1.82, 2.24) is 0 Å². The van der Waals surface area contributed by atoms with Crippen LogP contribution in [0.15, 0.2) is 12.1 Å². The van der Waals surface area contributed by atoms with E-state index in [0.29, 0.717) is 0 Å². The summed E-state index contributed by atoms with van der Waals surface area (Å²) < 4.78 is 46.0. The smallest absolute Gasteiger partial charge is 0.387 e. The van der Waals surface area contributed by atoms with Crippen molar-refractivity contribution in [2.75, 3.05) is 6.61 Å². The van der Waals surface area contributed by atoms with Gasteiger partial charge in [-0.15, -0.1) is 0 Å². The number of rotatable bonds is 5. The minimum absolute atomic E-state index is 0.189. The number of alkyl halides is 2. The van der Waals surface area contributed by atoms with E-state index >= 15 is 0 Å². The molecule has 0 aliphatic rings. The third kappa shape index (κ3) is 4.10. The summed E-state index contributed by atoms with van der Waals surface area (Å²) in [5.74, 6) is -2.36. The highest BCUT2D eigenvalue weighted by atomic mass is 35.5. The van der Waals surface area contributed by atoms with Crippen LogP contribution in [0.4, 0.5) is 13.2 Å². The zero-order valence-electron chi connectivity index (χ0n) is 9.38. The molecule has 0 aromatic heterocycles. The molecule has 0 atom stereocenters. The molecule has 0 unspecified atom stereocenters. The minimum atomic E-state index is -3.17. The molecule has 0 spiro atoms. The molecule has 1 rings (SSSR count). The molecule has 0 heterocycles. The van der Waals surface area contributed by atoms with Crippen LogP contribution in [0.1, 0.15) is 12.5 Å². The molecule has 0 N–H and O–H groups in total. The van der Waals surface area contributed by atoms with Crippen LogP contribution in [0.2, 0.25) is 5.02 Å². The van der Waals surface area contributed by atoms with Gasteiger partial charge < -0.3 is 9.47 Å². The molecule has 0 aliphatic heterocycles. The van der Waals surface area contributed by atoms with Crippen molar-refractivity contribution < 1.29 is 27.4 Å². The number of benzene rings is 1. The summed E-state index contributed by atoms with van der Waals surface area (Å²) in [5.41, 5.74) is 0.232. The van der Waals surface area contributed by atoms with Gasteiger partial charge in [-0.25, -0.2) is 4.39 Å². The van der Waals surface area contributed by atoms with Gasteiger partial charge in [0.25, 0.3) is 0 Å². The molecule has 18 heavy (non-hydrogen) atoms. The lowest BCUT2D eigenvalue weighted by Crippen LogP contribution is -2.09. The summed E-state index contributed by atoms with van der Waals surface area (Å²) in [6.07, 6.45) is -0.201. The van der Waals surface area contributed by atoms with Gasteiger partial charge in [0, 0.05) is 0 Å². The molecule has 0 saturated heterocycles. The first-order chi connectivity index (χ1) is 8.43. The summed E-state index contributed by atoms with van der Waals surface area (Å²) in [5, 5.41) is -0.396. The van der Waals surface area contributed by atoms with Gasteiger partial charge in [0.15, 0.2) is 11.6 Å². The highest BCUT2D eigenvalue weighted by Gasteiger charge is 2.16. The standard InChI is InChI=1S/C11H10ClF3O3/c1-2-17-9(16)5-6-3-7(12)10(13)8(4-6)18-11(14)15/h3-4,11H,2,5H2,1H3. The molecule has 1 aromatic carbocycles. The lowest BCUT2D eigenvalue weighted by Gasteiger charge is -2.09. The van der Waals surface area contributed by atoms with Gasteiger partial charge in [0.1, 0.15) is 0 Å². The highest BCUT2D eigenvalue weighted by molar-refractivity contribution is 6.31. The molecule has 7 heteroatoms. The Morgan fingerprint density at radius 1 is 1.44 bits per heavy atom. The van der Waals surface area contributed by atoms with E-state index in [-0.39, 0.29) is 18.6 Å². The Kier molecular flexibility index (Phi) is 5.27. The predicted molar refractivity (Wildman–Crippen MR) is 58.4 cm³/mol. The van der Waals surface area contributed by atoms with Crippen LogP contribution in [0.25, 0.3) is 0 Å². The van der Waals surface area contributed by atoms with Crippen LogP contribution in [-0.4, -0.2) is 19.2 Å². The largest absolute Gasteiger partial charge is 0.466 e. The number of esters is 1. The van der Waals surface area contributed by atoms with Crippen LogP contribution < -0.4 is 4.74 Å². The van der Waals surface area contributed by atoms with Crippen molar-refractivity contribution in [3.63, 3.8) is 0 Å². The maximum Gasteiger partial charge on any atom is 0.387 e. The lowest BCUT2D eigenvalue weighted by molar-refractivity contribution is -0.142. The Bertz CT molecular complexity index is 438. The Hall–Kier alpha value is -1.43. The van der Waals surface area contributed by atoms with Crippen LogP contribution in [0.3, 0.4) is 0 Å². The van der Waals surface area contributed by atoms with E-state index in [1.807, 2.05) is 0 Å². The number of hydrogen-bond acceptors (Lipinski definition) is 3. The van der Waals surface area contributed by atoms with E-state index in [2.05, 4.69) is 9.47 Å². The highest BCUT2D eigenvalue weighted by Crippen LogP contribution is 2.28. The normalized spacial score (nSPS) is 10.6. The van der Waals surface area contributed by atoms with Crippen molar-refractivity contribution in [3.05, 3.63) is 28.5 Å². The number of ether oxygens (including phenoxy) is 2. The van der Waals surface area contributed by atoms with E-state index in [1.54, 1.807) is 6.92 Å². The van der Waals surface area contributed by atoms with E-state index in [0.717, 1.165) is 12.1 Å². The molecule has 0 aliphatic carbocycles. The van der Waals surface area contributed by atoms with E-state index in [1.165, 1.54) is 0 Å². The Labute approximate surface area is 106 Å². The van der Waals surface area contributed by atoms with Gasteiger partial charge >= 0.3 is 12.6 Å². The van der Waals surface area contributed by atoms with Crippen molar-refractivity contribution >= 4 is 17.6 Å². The summed E-state index contributed by atoms with van der Waals surface area (Å²) in [7, 11) is 0. The molecule has 3 nitrogen and oxygen atoms in total. The second-order valence-corrected chi connectivity index (χ2v) is 3.66. The third-order valence-corrected chi connectivity index (χ3v) is 2.20. The first-order valence-corrected chi connectivity index (χ1v) is 5.40. The first kappa shape index (κ1) is 14.6. The fourth-order valence-corrected chi connectivity index (χ4v) is 1.51. The molecule has 1 aromatic rings. The summed E-state index contributed by atoms with van der Waals surface area (Å²) in [4.78, 5) is 11.2. The lowest BCUT2D eigenvalue weighted by atomic mass is 10.1. The van der Waals surface area contributed by atoms with Gasteiger partial charge in [-0.05, 0) is 24.6 Å². The summed E-state index contributed by atoms with van der Waals surface area (Å²) in [6, 6.07) is 2.15. The maximum atomic E-state index is 13.3. The monoisotopic (exact) mass is 282 g/mol. The molecule has 0 bridgehead atoms. The quantitative estimate of drug-likeness (QED) is 0.778. The Morgan fingerprint density at radius 2 is 2.11 bits per heavy atom. The molecule has 0 fully saturated rings. The van der Waals surface area contributed by atoms with Crippen LogP contribution in [0, 0.1) is 5.82 Å². The topological polar surface area (TPSA) is 35.5 Å². The van der Waals surface area contributed by atoms with Gasteiger partial charge in [0.05, 0.1) is 18.1 Å². The average molecular weight is 283 g/mol. The van der Waals surface area contributed by atoms with Crippen molar-refractivity contribution in [1.29, 1.82) is 0 Å². The summed E-state index contributed by atoms with van der Waals surface area (Å²) >= 11 is 5.51. The average Bonchev–Trinajstić information content (AvgIpc) is 2.24. The van der Waals surface area contributed by atoms with Gasteiger partial charge in [0.2, 0.25) is 0 Å². The van der Waals surface area contributed by atoms with Crippen molar-refractivity contribution in [2.45, 2.75) is 20.0 Å². The molecule has 0 amide bonds. The third-order valence-electron chi connectivity index (χ3n) is 1.92.